The Hall–Kier alpha value is -1.51. The van der Waals surface area contributed by atoms with Crippen molar-refractivity contribution in [2.75, 3.05) is 18.1 Å². The van der Waals surface area contributed by atoms with Crippen LogP contribution in [-0.4, -0.2) is 52.2 Å². The Morgan fingerprint density at radius 2 is 2.12 bits per heavy atom. The van der Waals surface area contributed by atoms with Gasteiger partial charge in [-0.25, -0.2) is 13.1 Å². The first kappa shape index (κ1) is 18.3. The molecule has 0 unspecified atom stereocenters. The third-order valence-electron chi connectivity index (χ3n) is 4.57. The molecule has 3 rings (SSSR count). The van der Waals surface area contributed by atoms with Gasteiger partial charge < -0.3 is 0 Å². The minimum absolute atomic E-state index is 0.0573. The number of sulfone groups is 1. The fraction of sp³-hybridized carbons (Fsp3) is 0.529. The average Bonchev–Trinajstić information content (AvgIpc) is 3.14. The Bertz CT molecular complexity index is 858. The zero-order valence-electron chi connectivity index (χ0n) is 14.4. The highest BCUT2D eigenvalue weighted by atomic mass is 32.2. The van der Waals surface area contributed by atoms with Gasteiger partial charge in [-0.1, -0.05) is 43.7 Å². The van der Waals surface area contributed by atoms with Gasteiger partial charge in [0.05, 0.1) is 18.2 Å². The van der Waals surface area contributed by atoms with Crippen LogP contribution in [0.5, 0.6) is 0 Å². The summed E-state index contributed by atoms with van der Waals surface area (Å²) in [5.74, 6) is 1.26. The number of nitrogens with one attached hydrogen (secondary N) is 1. The predicted octanol–water partition coefficient (Wildman–Crippen LogP) is 2.85. The van der Waals surface area contributed by atoms with Crippen molar-refractivity contribution in [1.29, 1.82) is 0 Å². The van der Waals surface area contributed by atoms with Gasteiger partial charge in [0.1, 0.15) is 0 Å². The first-order valence-electron chi connectivity index (χ1n) is 8.65. The second-order valence-electron chi connectivity index (χ2n) is 6.51. The van der Waals surface area contributed by atoms with E-state index in [2.05, 4.69) is 21.9 Å². The number of aromatic amines is 1. The molecule has 1 aliphatic rings. The monoisotopic (exact) mass is 380 g/mol. The maximum atomic E-state index is 11.9. The minimum atomic E-state index is -2.91. The third-order valence-corrected chi connectivity index (χ3v) is 6.64. The number of H-pyrrole nitrogens is 1. The van der Waals surface area contributed by atoms with E-state index in [1.165, 1.54) is 0 Å². The maximum absolute atomic E-state index is 11.9. The van der Waals surface area contributed by atoms with Gasteiger partial charge in [-0.05, 0) is 25.1 Å². The summed E-state index contributed by atoms with van der Waals surface area (Å²) in [5.41, 5.74) is 0.982. The lowest BCUT2D eigenvalue weighted by Crippen LogP contribution is -2.38. The molecule has 0 bridgehead atoms. The summed E-state index contributed by atoms with van der Waals surface area (Å²) >= 11 is 5.40. The fourth-order valence-corrected chi connectivity index (χ4v) is 5.11. The molecule has 0 radical (unpaired) electrons. The molecule has 0 aliphatic carbocycles. The van der Waals surface area contributed by atoms with Gasteiger partial charge in [0.2, 0.25) is 4.77 Å². The van der Waals surface area contributed by atoms with Gasteiger partial charge in [-0.15, -0.1) is 0 Å². The van der Waals surface area contributed by atoms with Crippen LogP contribution in [0.1, 0.15) is 26.2 Å². The van der Waals surface area contributed by atoms with Crippen molar-refractivity contribution in [2.45, 2.75) is 38.9 Å². The van der Waals surface area contributed by atoms with Crippen molar-refractivity contribution < 1.29 is 8.42 Å². The molecule has 8 heteroatoms. The van der Waals surface area contributed by atoms with Gasteiger partial charge in [0, 0.05) is 18.2 Å². The lowest BCUT2D eigenvalue weighted by Gasteiger charge is -2.27. The van der Waals surface area contributed by atoms with E-state index in [0.717, 1.165) is 30.8 Å². The topological polar surface area (TPSA) is 71.0 Å². The zero-order valence-corrected chi connectivity index (χ0v) is 16.0. The number of hydrogen-bond acceptors (Lipinski definition) is 5. The van der Waals surface area contributed by atoms with Gasteiger partial charge >= 0.3 is 0 Å². The fourth-order valence-electron chi connectivity index (χ4n) is 3.15. The van der Waals surface area contributed by atoms with E-state index in [1.54, 1.807) is 0 Å². The number of aromatic nitrogens is 3. The summed E-state index contributed by atoms with van der Waals surface area (Å²) in [6, 6.07) is 9.90. The van der Waals surface area contributed by atoms with E-state index in [4.69, 9.17) is 12.2 Å². The molecule has 1 aliphatic heterocycles. The summed E-state index contributed by atoms with van der Waals surface area (Å²) in [5, 5.41) is 3.26. The Kier molecular flexibility index (Phi) is 5.71. The van der Waals surface area contributed by atoms with Crippen molar-refractivity contribution in [3.8, 4) is 11.4 Å². The predicted molar refractivity (Wildman–Crippen MR) is 102 cm³/mol. The van der Waals surface area contributed by atoms with Crippen molar-refractivity contribution in [3.05, 3.63) is 35.1 Å². The van der Waals surface area contributed by atoms with Crippen molar-refractivity contribution >= 4 is 22.1 Å². The molecule has 2 heterocycles. The number of rotatable bonds is 7. The Morgan fingerprint density at radius 3 is 2.76 bits per heavy atom. The molecule has 1 aromatic heterocycles. The van der Waals surface area contributed by atoms with Gasteiger partial charge in [0.15, 0.2) is 15.7 Å². The summed E-state index contributed by atoms with van der Waals surface area (Å²) in [6.45, 7) is 3.54. The van der Waals surface area contributed by atoms with Gasteiger partial charge in [-0.2, -0.15) is 4.98 Å². The molecule has 1 saturated heterocycles. The third kappa shape index (κ3) is 4.56. The highest BCUT2D eigenvalue weighted by Crippen LogP contribution is 2.20. The molecule has 25 heavy (non-hydrogen) atoms. The Labute approximate surface area is 153 Å². The van der Waals surface area contributed by atoms with E-state index in [0.29, 0.717) is 17.9 Å². The van der Waals surface area contributed by atoms with Crippen LogP contribution in [-0.2, 0) is 16.5 Å². The lowest BCUT2D eigenvalue weighted by atomic mass is 10.2. The molecule has 0 saturated carbocycles. The van der Waals surface area contributed by atoms with Crippen LogP contribution in [0.3, 0.4) is 0 Å². The first-order chi connectivity index (χ1) is 12.0. The second-order valence-corrected chi connectivity index (χ2v) is 9.11. The van der Waals surface area contributed by atoms with Crippen molar-refractivity contribution in [3.63, 3.8) is 0 Å². The van der Waals surface area contributed by atoms with Crippen molar-refractivity contribution in [1.82, 2.24) is 19.7 Å². The van der Waals surface area contributed by atoms with Crippen LogP contribution in [0.4, 0.5) is 0 Å². The van der Waals surface area contributed by atoms with E-state index in [1.807, 2.05) is 35.0 Å². The Balaban J connectivity index is 1.80. The van der Waals surface area contributed by atoms with E-state index >= 15 is 0 Å². The SMILES string of the molecule is CCCCN(Cn1[nH]c(-c2ccccc2)nc1=S)[C@@H]1CCS(=O)(=O)C1. The molecule has 1 atom stereocenters. The summed E-state index contributed by atoms with van der Waals surface area (Å²) < 4.78 is 26.0. The standard InChI is InChI=1S/C17H24N4O2S2/c1-2-3-10-20(15-9-11-25(22,23)12-15)13-21-17(24)18-16(19-21)14-7-5-4-6-8-14/h4-8,15H,2-3,9-13H2,1H3,(H,18,19,24)/t15-/m1/s1. The molecular formula is C17H24N4O2S2. The molecule has 1 N–H and O–H groups in total. The normalized spacial score (nSPS) is 19.5. The van der Waals surface area contributed by atoms with Gasteiger partial charge in [-0.3, -0.25) is 10.00 Å². The molecule has 0 amide bonds. The number of unbranched alkanes of at least 4 members (excludes halogenated alkanes) is 1. The van der Waals surface area contributed by atoms with Gasteiger partial charge in [0.25, 0.3) is 0 Å². The van der Waals surface area contributed by atoms with E-state index in [9.17, 15) is 8.42 Å². The molecule has 0 spiro atoms. The molecule has 2 aromatic rings. The minimum Gasteiger partial charge on any atom is -0.280 e. The smallest absolute Gasteiger partial charge is 0.217 e. The largest absolute Gasteiger partial charge is 0.280 e. The number of hydrogen-bond donors (Lipinski definition) is 1. The lowest BCUT2D eigenvalue weighted by molar-refractivity contribution is 0.153. The summed E-state index contributed by atoms with van der Waals surface area (Å²) in [6.07, 6.45) is 2.79. The van der Waals surface area contributed by atoms with Crippen molar-refractivity contribution in [2.24, 2.45) is 0 Å². The van der Waals surface area contributed by atoms with Crippen LogP contribution in [0.15, 0.2) is 30.3 Å². The van der Waals surface area contributed by atoms with Crippen LogP contribution in [0.25, 0.3) is 11.4 Å². The molecule has 136 valence electrons. The van der Waals surface area contributed by atoms with E-state index in [-0.39, 0.29) is 17.5 Å². The highest BCUT2D eigenvalue weighted by molar-refractivity contribution is 7.91. The second kappa shape index (κ2) is 7.80. The maximum Gasteiger partial charge on any atom is 0.217 e. The zero-order chi connectivity index (χ0) is 17.9. The van der Waals surface area contributed by atoms with Crippen LogP contribution >= 0.6 is 12.2 Å². The summed E-state index contributed by atoms with van der Waals surface area (Å²) in [7, 11) is -2.91. The quantitative estimate of drug-likeness (QED) is 0.748. The average molecular weight is 381 g/mol. The number of benzene rings is 1. The van der Waals surface area contributed by atoms with Crippen LogP contribution < -0.4 is 0 Å². The Morgan fingerprint density at radius 1 is 1.36 bits per heavy atom. The first-order valence-corrected chi connectivity index (χ1v) is 10.9. The molecule has 6 nitrogen and oxygen atoms in total. The molecular weight excluding hydrogens is 356 g/mol. The summed E-state index contributed by atoms with van der Waals surface area (Å²) in [4.78, 5) is 6.67. The highest BCUT2D eigenvalue weighted by Gasteiger charge is 2.32. The van der Waals surface area contributed by atoms with Crippen LogP contribution in [0, 0.1) is 4.77 Å². The molecule has 1 aromatic carbocycles. The molecule has 1 fully saturated rings. The van der Waals surface area contributed by atoms with Crippen LogP contribution in [0.2, 0.25) is 0 Å². The van der Waals surface area contributed by atoms with E-state index < -0.39 is 9.84 Å². The number of nitrogens with zero attached hydrogens (tertiary/aromatic N) is 3.